The summed E-state index contributed by atoms with van der Waals surface area (Å²) in [6.45, 7) is 3.51. The minimum Gasteiger partial charge on any atom is -0.444 e. The number of rotatable bonds is 5. The summed E-state index contributed by atoms with van der Waals surface area (Å²) in [5, 5.41) is -1.17. The number of oxazole rings is 1. The van der Waals surface area contributed by atoms with Crippen molar-refractivity contribution in [1.82, 2.24) is 4.98 Å². The smallest absolute Gasteiger partial charge is 0.192 e. The molecule has 0 aliphatic rings. The van der Waals surface area contributed by atoms with Gasteiger partial charge in [0.05, 0.1) is 4.90 Å². The molecule has 0 amide bonds. The predicted molar refractivity (Wildman–Crippen MR) is 113 cm³/mol. The van der Waals surface area contributed by atoms with Crippen LogP contribution >= 0.6 is 0 Å². The topological polar surface area (TPSA) is 60.2 Å². The molecule has 4 nitrogen and oxygen atoms in total. The van der Waals surface area contributed by atoms with E-state index in [-0.39, 0.29) is 27.8 Å². The van der Waals surface area contributed by atoms with Gasteiger partial charge in [0.1, 0.15) is 11.5 Å². The fourth-order valence-corrected chi connectivity index (χ4v) is 5.17. The van der Waals surface area contributed by atoms with Gasteiger partial charge in [-0.3, -0.25) is 0 Å². The van der Waals surface area contributed by atoms with Crippen LogP contribution < -0.4 is 0 Å². The summed E-state index contributed by atoms with van der Waals surface area (Å²) in [6, 6.07) is 21.6. The molecule has 30 heavy (non-hydrogen) atoms. The van der Waals surface area contributed by atoms with Crippen LogP contribution in [0.1, 0.15) is 28.0 Å². The zero-order valence-electron chi connectivity index (χ0n) is 16.5. The lowest BCUT2D eigenvalue weighted by molar-refractivity contribution is 0.474. The zero-order valence-corrected chi connectivity index (χ0v) is 17.4. The Morgan fingerprint density at radius 3 is 2.17 bits per heavy atom. The van der Waals surface area contributed by atoms with Crippen molar-refractivity contribution in [2.24, 2.45) is 0 Å². The maximum Gasteiger partial charge on any atom is 0.192 e. The summed E-state index contributed by atoms with van der Waals surface area (Å²) in [5.41, 5.74) is 1.86. The minimum absolute atomic E-state index is 0.101. The SMILES string of the molecule is Cc1ccc(S(=O)(=O)C(c2ccccc2)c2oc(C)nc2-c2ccccc2F)cc1. The number of hydrogen-bond donors (Lipinski definition) is 0. The second-order valence-corrected chi connectivity index (χ2v) is 9.11. The predicted octanol–water partition coefficient (Wildman–Crippen LogP) is 5.66. The first-order valence-corrected chi connectivity index (χ1v) is 11.0. The highest BCUT2D eigenvalue weighted by Crippen LogP contribution is 2.40. The first-order chi connectivity index (χ1) is 14.4. The standard InChI is InChI=1S/C24H20FNO3S/c1-16-12-14-19(15-13-16)30(27,28)24(18-8-4-3-5-9-18)23-22(26-17(2)29-23)20-10-6-7-11-21(20)25/h3-15,24H,1-2H3. The first kappa shape index (κ1) is 20.0. The van der Waals surface area contributed by atoms with Crippen molar-refractivity contribution in [3.05, 3.63) is 107 Å². The van der Waals surface area contributed by atoms with Crippen molar-refractivity contribution in [2.45, 2.75) is 24.0 Å². The van der Waals surface area contributed by atoms with E-state index in [2.05, 4.69) is 4.98 Å². The average molecular weight is 421 g/mol. The molecule has 1 heterocycles. The second kappa shape index (κ2) is 7.88. The molecule has 1 unspecified atom stereocenters. The Morgan fingerprint density at radius 1 is 0.867 bits per heavy atom. The van der Waals surface area contributed by atoms with Crippen LogP contribution in [-0.4, -0.2) is 13.4 Å². The van der Waals surface area contributed by atoms with Gasteiger partial charge in [-0.2, -0.15) is 0 Å². The summed E-state index contributed by atoms with van der Waals surface area (Å²) in [6.07, 6.45) is 0. The monoisotopic (exact) mass is 421 g/mol. The van der Waals surface area contributed by atoms with Gasteiger partial charge in [0, 0.05) is 12.5 Å². The lowest BCUT2D eigenvalue weighted by Crippen LogP contribution is -2.16. The van der Waals surface area contributed by atoms with E-state index in [1.807, 2.05) is 13.0 Å². The molecule has 6 heteroatoms. The third-order valence-corrected chi connectivity index (χ3v) is 6.93. The van der Waals surface area contributed by atoms with Gasteiger partial charge in [0.25, 0.3) is 0 Å². The maximum atomic E-state index is 14.6. The van der Waals surface area contributed by atoms with E-state index in [1.165, 1.54) is 6.07 Å². The maximum absolute atomic E-state index is 14.6. The minimum atomic E-state index is -3.91. The highest BCUT2D eigenvalue weighted by atomic mass is 32.2. The van der Waals surface area contributed by atoms with E-state index in [9.17, 15) is 12.8 Å². The van der Waals surface area contributed by atoms with Gasteiger partial charge in [0.2, 0.25) is 0 Å². The zero-order chi connectivity index (χ0) is 21.3. The van der Waals surface area contributed by atoms with Crippen molar-refractivity contribution in [2.75, 3.05) is 0 Å². The van der Waals surface area contributed by atoms with Crippen LogP contribution in [0.15, 0.2) is 88.2 Å². The van der Waals surface area contributed by atoms with Crippen LogP contribution in [0.2, 0.25) is 0 Å². The van der Waals surface area contributed by atoms with Gasteiger partial charge in [-0.25, -0.2) is 17.8 Å². The molecule has 0 radical (unpaired) electrons. The molecule has 152 valence electrons. The van der Waals surface area contributed by atoms with Crippen LogP contribution in [0.3, 0.4) is 0 Å². The van der Waals surface area contributed by atoms with Crippen LogP contribution in [0.25, 0.3) is 11.3 Å². The molecule has 4 aromatic rings. The van der Waals surface area contributed by atoms with Crippen molar-refractivity contribution < 1.29 is 17.2 Å². The molecule has 3 aromatic carbocycles. The Kier molecular flexibility index (Phi) is 5.26. The number of hydrogen-bond acceptors (Lipinski definition) is 4. The van der Waals surface area contributed by atoms with E-state index in [1.54, 1.807) is 73.7 Å². The molecule has 1 aromatic heterocycles. The second-order valence-electron chi connectivity index (χ2n) is 7.07. The van der Waals surface area contributed by atoms with Crippen molar-refractivity contribution in [1.29, 1.82) is 0 Å². The van der Waals surface area contributed by atoms with E-state index < -0.39 is 20.9 Å². The van der Waals surface area contributed by atoms with Gasteiger partial charge in [-0.05, 0) is 36.8 Å². The van der Waals surface area contributed by atoms with Crippen molar-refractivity contribution in [3.63, 3.8) is 0 Å². The number of halogens is 1. The van der Waals surface area contributed by atoms with Crippen LogP contribution in [-0.2, 0) is 9.84 Å². The molecule has 0 aliphatic carbocycles. The highest BCUT2D eigenvalue weighted by molar-refractivity contribution is 7.91. The van der Waals surface area contributed by atoms with E-state index in [0.717, 1.165) is 5.56 Å². The van der Waals surface area contributed by atoms with Crippen LogP contribution in [0, 0.1) is 19.7 Å². The number of sulfone groups is 1. The average Bonchev–Trinajstić information content (AvgIpc) is 3.10. The normalized spacial score (nSPS) is 12.6. The van der Waals surface area contributed by atoms with Gasteiger partial charge in [-0.1, -0.05) is 60.2 Å². The number of aromatic nitrogens is 1. The summed E-state index contributed by atoms with van der Waals surface area (Å²) in [4.78, 5) is 4.50. The molecule has 0 aliphatic heterocycles. The summed E-state index contributed by atoms with van der Waals surface area (Å²) in [5.74, 6) is -0.126. The molecule has 0 bridgehead atoms. The number of benzene rings is 3. The summed E-state index contributed by atoms with van der Waals surface area (Å²) >= 11 is 0. The first-order valence-electron chi connectivity index (χ1n) is 9.45. The molecule has 4 rings (SSSR count). The molecule has 0 saturated carbocycles. The van der Waals surface area contributed by atoms with Gasteiger partial charge >= 0.3 is 0 Å². The molecular weight excluding hydrogens is 401 g/mol. The Morgan fingerprint density at radius 2 is 1.50 bits per heavy atom. The van der Waals surface area contributed by atoms with Crippen LogP contribution in [0.5, 0.6) is 0 Å². The summed E-state index contributed by atoms with van der Waals surface area (Å²) < 4.78 is 47.9. The van der Waals surface area contributed by atoms with Crippen molar-refractivity contribution >= 4 is 9.84 Å². The number of nitrogens with zero attached hydrogens (tertiary/aromatic N) is 1. The van der Waals surface area contributed by atoms with E-state index in [0.29, 0.717) is 5.56 Å². The molecular formula is C24H20FNO3S. The van der Waals surface area contributed by atoms with Gasteiger partial charge in [-0.15, -0.1) is 0 Å². The van der Waals surface area contributed by atoms with Crippen molar-refractivity contribution in [3.8, 4) is 11.3 Å². The third kappa shape index (κ3) is 3.66. The lowest BCUT2D eigenvalue weighted by Gasteiger charge is -2.18. The molecule has 0 N–H and O–H groups in total. The quantitative estimate of drug-likeness (QED) is 0.417. The molecule has 0 fully saturated rings. The third-order valence-electron chi connectivity index (χ3n) is 4.89. The fraction of sp³-hybridized carbons (Fsp3) is 0.125. The fourth-order valence-electron chi connectivity index (χ4n) is 3.43. The molecule has 0 saturated heterocycles. The van der Waals surface area contributed by atoms with Gasteiger partial charge in [0.15, 0.2) is 26.7 Å². The van der Waals surface area contributed by atoms with Gasteiger partial charge < -0.3 is 4.42 Å². The largest absolute Gasteiger partial charge is 0.444 e. The molecule has 0 spiro atoms. The van der Waals surface area contributed by atoms with E-state index in [4.69, 9.17) is 4.42 Å². The lowest BCUT2D eigenvalue weighted by atomic mass is 10.0. The summed E-state index contributed by atoms with van der Waals surface area (Å²) in [7, 11) is -3.91. The Bertz CT molecular complexity index is 1280. The Hall–Kier alpha value is -3.25. The Labute approximate surface area is 175 Å². The van der Waals surface area contributed by atoms with Crippen LogP contribution in [0.4, 0.5) is 4.39 Å². The number of aryl methyl sites for hydroxylation is 2. The van der Waals surface area contributed by atoms with E-state index >= 15 is 0 Å². The molecule has 1 atom stereocenters. The highest BCUT2D eigenvalue weighted by Gasteiger charge is 2.37. The Balaban J connectivity index is 1.98.